The van der Waals surface area contributed by atoms with E-state index in [1.807, 2.05) is 26.8 Å². The number of esters is 1. The molecule has 11 heteroatoms. The molecule has 0 aromatic carbocycles. The Bertz CT molecular complexity index is 1110. The lowest BCUT2D eigenvalue weighted by molar-refractivity contribution is 0.0207. The molecule has 0 aliphatic heterocycles. The Morgan fingerprint density at radius 2 is 1.83 bits per heavy atom. The van der Waals surface area contributed by atoms with Crippen molar-refractivity contribution in [3.8, 4) is 6.07 Å². The number of nitrogens with one attached hydrogen (secondary N) is 2. The molecule has 2 heterocycles. The summed E-state index contributed by atoms with van der Waals surface area (Å²) >= 11 is 0. The molecule has 1 fully saturated rings. The van der Waals surface area contributed by atoms with Gasteiger partial charge in [-0.15, -0.1) is 0 Å². The zero-order chi connectivity index (χ0) is 26.3. The maximum Gasteiger partial charge on any atom is 0.410 e. The minimum atomic E-state index is -0.567. The molecule has 1 aliphatic carbocycles. The van der Waals surface area contributed by atoms with E-state index in [1.54, 1.807) is 18.0 Å². The molecular formula is C25H33N7O4. The molecule has 192 valence electrons. The first-order valence-electron chi connectivity index (χ1n) is 11.9. The van der Waals surface area contributed by atoms with Gasteiger partial charge in [-0.25, -0.2) is 24.5 Å². The second-order valence-corrected chi connectivity index (χ2v) is 9.74. The highest BCUT2D eigenvalue weighted by atomic mass is 16.6. The molecule has 2 aromatic heterocycles. The van der Waals surface area contributed by atoms with Crippen molar-refractivity contribution in [2.24, 2.45) is 0 Å². The Balaban J connectivity index is 1.79. The number of methoxy groups -OCH3 is 1. The normalized spacial score (nSPS) is 17.8. The maximum absolute atomic E-state index is 12.7. The molecule has 0 spiro atoms. The number of rotatable bonds is 6. The van der Waals surface area contributed by atoms with E-state index >= 15 is 0 Å². The van der Waals surface area contributed by atoms with Crippen LogP contribution in [0.25, 0.3) is 0 Å². The van der Waals surface area contributed by atoms with Crippen LogP contribution in [0, 0.1) is 11.3 Å². The van der Waals surface area contributed by atoms with Gasteiger partial charge >= 0.3 is 12.1 Å². The SMILES string of the molecule is COC(=O)c1cnc(Nc2cnc(C#N)cn2)cc1N[C@@H]1CCCC[C@H](N(C)C(=O)OC(C)(C)C)C1. The van der Waals surface area contributed by atoms with Gasteiger partial charge in [-0.3, -0.25) is 0 Å². The van der Waals surface area contributed by atoms with Crippen molar-refractivity contribution in [1.82, 2.24) is 19.9 Å². The zero-order valence-electron chi connectivity index (χ0n) is 21.4. The largest absolute Gasteiger partial charge is 0.465 e. The van der Waals surface area contributed by atoms with Crippen LogP contribution in [0.1, 0.15) is 68.9 Å². The number of pyridine rings is 1. The quantitative estimate of drug-likeness (QED) is 0.441. The molecule has 36 heavy (non-hydrogen) atoms. The number of hydrogen-bond donors (Lipinski definition) is 2. The summed E-state index contributed by atoms with van der Waals surface area (Å²) in [6.07, 6.45) is 8.31. The summed E-state index contributed by atoms with van der Waals surface area (Å²) in [7, 11) is 3.09. The summed E-state index contributed by atoms with van der Waals surface area (Å²) < 4.78 is 10.5. The lowest BCUT2D eigenvalue weighted by atomic mass is 10.0. The third-order valence-electron chi connectivity index (χ3n) is 5.82. The van der Waals surface area contributed by atoms with Gasteiger partial charge in [0.2, 0.25) is 0 Å². The highest BCUT2D eigenvalue weighted by Gasteiger charge is 2.29. The summed E-state index contributed by atoms with van der Waals surface area (Å²) in [6.45, 7) is 5.55. The van der Waals surface area contributed by atoms with Gasteiger partial charge in [0.05, 0.1) is 25.2 Å². The number of carbonyl (C=O) groups is 2. The van der Waals surface area contributed by atoms with Crippen molar-refractivity contribution in [3.05, 3.63) is 35.9 Å². The molecule has 0 radical (unpaired) electrons. The number of nitrogens with zero attached hydrogens (tertiary/aromatic N) is 5. The first kappa shape index (κ1) is 26.7. The smallest absolute Gasteiger partial charge is 0.410 e. The third-order valence-corrected chi connectivity index (χ3v) is 5.82. The topological polar surface area (TPSA) is 142 Å². The lowest BCUT2D eigenvalue weighted by Gasteiger charge is -2.32. The van der Waals surface area contributed by atoms with Gasteiger partial charge in [0.15, 0.2) is 5.69 Å². The molecule has 11 nitrogen and oxygen atoms in total. The number of amides is 1. The molecule has 1 saturated carbocycles. The minimum Gasteiger partial charge on any atom is -0.465 e. The summed E-state index contributed by atoms with van der Waals surface area (Å²) in [5.74, 6) is 0.345. The van der Waals surface area contributed by atoms with Gasteiger partial charge in [-0.05, 0) is 40.0 Å². The number of anilines is 3. The fourth-order valence-corrected chi connectivity index (χ4v) is 4.02. The van der Waals surface area contributed by atoms with E-state index in [2.05, 4.69) is 25.6 Å². The Labute approximate surface area is 211 Å². The Morgan fingerprint density at radius 3 is 2.47 bits per heavy atom. The number of carbonyl (C=O) groups excluding carboxylic acids is 2. The Kier molecular flexibility index (Phi) is 8.64. The fraction of sp³-hybridized carbons (Fsp3) is 0.520. The third kappa shape index (κ3) is 7.28. The molecule has 0 bridgehead atoms. The molecule has 2 N–H and O–H groups in total. The fourth-order valence-electron chi connectivity index (χ4n) is 4.02. The van der Waals surface area contributed by atoms with E-state index in [0.29, 0.717) is 29.3 Å². The monoisotopic (exact) mass is 495 g/mol. The molecule has 0 unspecified atom stereocenters. The first-order chi connectivity index (χ1) is 17.1. The number of aromatic nitrogens is 3. The number of ether oxygens (including phenoxy) is 2. The highest BCUT2D eigenvalue weighted by molar-refractivity contribution is 5.96. The van der Waals surface area contributed by atoms with Gasteiger partial charge in [-0.1, -0.05) is 12.8 Å². The summed E-state index contributed by atoms with van der Waals surface area (Å²) in [4.78, 5) is 39.2. The average molecular weight is 496 g/mol. The van der Waals surface area contributed by atoms with Crippen LogP contribution in [0.4, 0.5) is 22.1 Å². The second-order valence-electron chi connectivity index (χ2n) is 9.74. The van der Waals surface area contributed by atoms with Gasteiger partial charge in [0, 0.05) is 31.4 Å². The van der Waals surface area contributed by atoms with E-state index in [4.69, 9.17) is 14.7 Å². The van der Waals surface area contributed by atoms with Crippen LogP contribution in [-0.4, -0.2) is 63.8 Å². The predicted octanol–water partition coefficient (Wildman–Crippen LogP) is 4.25. The van der Waals surface area contributed by atoms with E-state index in [-0.39, 0.29) is 23.9 Å². The van der Waals surface area contributed by atoms with E-state index < -0.39 is 11.6 Å². The molecular weight excluding hydrogens is 462 g/mol. The Hall–Kier alpha value is -3.94. The van der Waals surface area contributed by atoms with E-state index in [1.165, 1.54) is 25.7 Å². The van der Waals surface area contributed by atoms with Gasteiger partial charge in [0.1, 0.15) is 28.9 Å². The van der Waals surface area contributed by atoms with Gasteiger partial charge in [-0.2, -0.15) is 5.26 Å². The first-order valence-corrected chi connectivity index (χ1v) is 11.9. The van der Waals surface area contributed by atoms with Crippen LogP contribution < -0.4 is 10.6 Å². The van der Waals surface area contributed by atoms with Gasteiger partial charge < -0.3 is 25.0 Å². The van der Waals surface area contributed by atoms with Crippen molar-refractivity contribution in [2.45, 2.75) is 70.6 Å². The van der Waals surface area contributed by atoms with Crippen molar-refractivity contribution in [1.29, 1.82) is 5.26 Å². The van der Waals surface area contributed by atoms with Crippen LogP contribution in [0.15, 0.2) is 24.7 Å². The molecule has 3 rings (SSSR count). The van der Waals surface area contributed by atoms with Crippen molar-refractivity contribution < 1.29 is 19.1 Å². The molecule has 0 saturated heterocycles. The van der Waals surface area contributed by atoms with Crippen LogP contribution in [0.3, 0.4) is 0 Å². The maximum atomic E-state index is 12.7. The molecule has 1 aliphatic rings. The second kappa shape index (κ2) is 11.7. The zero-order valence-corrected chi connectivity index (χ0v) is 21.4. The van der Waals surface area contributed by atoms with E-state index in [9.17, 15) is 9.59 Å². The lowest BCUT2D eigenvalue weighted by Crippen LogP contribution is -2.42. The van der Waals surface area contributed by atoms with Crippen LogP contribution in [-0.2, 0) is 9.47 Å². The minimum absolute atomic E-state index is 0.00483. The summed E-state index contributed by atoms with van der Waals surface area (Å²) in [6, 6.07) is 3.64. The highest BCUT2D eigenvalue weighted by Crippen LogP contribution is 2.28. The summed E-state index contributed by atoms with van der Waals surface area (Å²) in [5.41, 5.74) is 0.501. The van der Waals surface area contributed by atoms with Crippen LogP contribution >= 0.6 is 0 Å². The van der Waals surface area contributed by atoms with Crippen LogP contribution in [0.5, 0.6) is 0 Å². The number of nitriles is 1. The molecule has 2 aromatic rings. The molecule has 2 atom stereocenters. The van der Waals surface area contributed by atoms with Gasteiger partial charge in [0.25, 0.3) is 0 Å². The summed E-state index contributed by atoms with van der Waals surface area (Å²) in [5, 5.41) is 15.4. The van der Waals surface area contributed by atoms with Crippen molar-refractivity contribution in [3.63, 3.8) is 0 Å². The predicted molar refractivity (Wildman–Crippen MR) is 134 cm³/mol. The Morgan fingerprint density at radius 1 is 1.11 bits per heavy atom. The number of hydrogen-bond acceptors (Lipinski definition) is 10. The van der Waals surface area contributed by atoms with Crippen molar-refractivity contribution in [2.75, 3.05) is 24.8 Å². The molecule has 1 amide bonds. The van der Waals surface area contributed by atoms with Crippen molar-refractivity contribution >= 4 is 29.4 Å². The average Bonchev–Trinajstić information content (AvgIpc) is 3.08. The van der Waals surface area contributed by atoms with E-state index in [0.717, 1.165) is 25.7 Å². The van der Waals surface area contributed by atoms with Crippen LogP contribution in [0.2, 0.25) is 0 Å². The standard InChI is InChI=1S/C25H33N7O4/c1-25(2,3)36-24(34)32(4)18-9-7-6-8-16(10-18)30-20-11-21(29-14-19(20)23(33)35-5)31-22-15-27-17(12-26)13-28-22/h11,13-16,18H,6-10H2,1-5H3,(H2,28,29,30,31)/t16-,18+/m1/s1.